The highest BCUT2D eigenvalue weighted by molar-refractivity contribution is 7.89. The van der Waals surface area contributed by atoms with Gasteiger partial charge in [-0.1, -0.05) is 90.5 Å². The van der Waals surface area contributed by atoms with Crippen molar-refractivity contribution in [3.8, 4) is 0 Å². The van der Waals surface area contributed by atoms with Crippen LogP contribution >= 0.6 is 0 Å². The highest BCUT2D eigenvalue weighted by atomic mass is 32.2. The van der Waals surface area contributed by atoms with E-state index < -0.39 is 16.1 Å². The van der Waals surface area contributed by atoms with Crippen molar-refractivity contribution in [2.45, 2.75) is 17.9 Å². The van der Waals surface area contributed by atoms with Gasteiger partial charge in [-0.2, -0.15) is 4.72 Å². The normalized spacial score (nSPS) is 12.8. The van der Waals surface area contributed by atoms with Crippen molar-refractivity contribution in [3.05, 3.63) is 114 Å². The SMILES string of the molecule is Cc1ccc([C@H](NS(=O)(=O)c2ccc3ccccc3c2)c2ccccc2)cc1. The van der Waals surface area contributed by atoms with Crippen molar-refractivity contribution in [3.63, 3.8) is 0 Å². The molecule has 4 heteroatoms. The van der Waals surface area contributed by atoms with E-state index in [2.05, 4.69) is 4.72 Å². The fraction of sp³-hybridized carbons (Fsp3) is 0.0833. The Bertz CT molecular complexity index is 1200. The van der Waals surface area contributed by atoms with Crippen molar-refractivity contribution >= 4 is 20.8 Å². The summed E-state index contributed by atoms with van der Waals surface area (Å²) < 4.78 is 29.3. The summed E-state index contributed by atoms with van der Waals surface area (Å²) in [4.78, 5) is 0.263. The second-order valence-electron chi connectivity index (χ2n) is 6.88. The van der Waals surface area contributed by atoms with Crippen molar-refractivity contribution in [1.29, 1.82) is 0 Å². The van der Waals surface area contributed by atoms with E-state index in [4.69, 9.17) is 0 Å². The smallest absolute Gasteiger partial charge is 0.207 e. The maximum Gasteiger partial charge on any atom is 0.241 e. The van der Waals surface area contributed by atoms with E-state index >= 15 is 0 Å². The van der Waals surface area contributed by atoms with Crippen LogP contribution in [0.25, 0.3) is 10.8 Å². The molecule has 0 heterocycles. The van der Waals surface area contributed by atoms with Gasteiger partial charge in [-0.25, -0.2) is 8.42 Å². The summed E-state index contributed by atoms with van der Waals surface area (Å²) in [6.45, 7) is 2.01. The Morgan fingerprint density at radius 2 is 1.29 bits per heavy atom. The van der Waals surface area contributed by atoms with Crippen LogP contribution in [-0.4, -0.2) is 8.42 Å². The number of rotatable bonds is 5. The molecule has 4 aromatic rings. The van der Waals surface area contributed by atoms with Crippen LogP contribution in [0.5, 0.6) is 0 Å². The zero-order valence-corrected chi connectivity index (χ0v) is 16.4. The van der Waals surface area contributed by atoms with Gasteiger partial charge >= 0.3 is 0 Å². The number of hydrogen-bond donors (Lipinski definition) is 1. The number of fused-ring (bicyclic) bond motifs is 1. The highest BCUT2D eigenvalue weighted by Gasteiger charge is 2.23. The fourth-order valence-corrected chi connectivity index (χ4v) is 4.54. The van der Waals surface area contributed by atoms with Crippen LogP contribution in [0, 0.1) is 6.92 Å². The predicted octanol–water partition coefficient (Wildman–Crippen LogP) is 5.22. The van der Waals surface area contributed by atoms with Crippen molar-refractivity contribution < 1.29 is 8.42 Å². The summed E-state index contributed by atoms with van der Waals surface area (Å²) in [5, 5.41) is 1.91. The second-order valence-corrected chi connectivity index (χ2v) is 8.60. The molecule has 0 fully saturated rings. The van der Waals surface area contributed by atoms with Gasteiger partial charge in [-0.3, -0.25) is 0 Å². The lowest BCUT2D eigenvalue weighted by molar-refractivity contribution is 0.572. The minimum atomic E-state index is -3.71. The molecule has 1 N–H and O–H groups in total. The molecular formula is C24H21NO2S. The summed E-state index contributed by atoms with van der Waals surface area (Å²) in [5.74, 6) is 0. The van der Waals surface area contributed by atoms with E-state index in [0.29, 0.717) is 0 Å². The molecule has 0 saturated heterocycles. The monoisotopic (exact) mass is 387 g/mol. The molecular weight excluding hydrogens is 366 g/mol. The van der Waals surface area contributed by atoms with Gasteiger partial charge in [0.05, 0.1) is 10.9 Å². The Kier molecular flexibility index (Phi) is 4.99. The third-order valence-electron chi connectivity index (χ3n) is 4.85. The van der Waals surface area contributed by atoms with Crippen LogP contribution in [0.3, 0.4) is 0 Å². The molecule has 0 aliphatic rings. The van der Waals surface area contributed by atoms with Crippen LogP contribution in [-0.2, 0) is 10.0 Å². The summed E-state index contributed by atoms with van der Waals surface area (Å²) in [6.07, 6.45) is 0. The second kappa shape index (κ2) is 7.58. The molecule has 0 aliphatic carbocycles. The van der Waals surface area contributed by atoms with Gasteiger partial charge in [-0.05, 0) is 41.0 Å². The molecule has 1 atom stereocenters. The number of sulfonamides is 1. The minimum absolute atomic E-state index is 0.263. The highest BCUT2D eigenvalue weighted by Crippen LogP contribution is 2.26. The predicted molar refractivity (Wildman–Crippen MR) is 114 cm³/mol. The van der Waals surface area contributed by atoms with E-state index in [1.807, 2.05) is 91.9 Å². The lowest BCUT2D eigenvalue weighted by atomic mass is 9.99. The zero-order chi connectivity index (χ0) is 19.6. The first-order valence-electron chi connectivity index (χ1n) is 9.16. The third kappa shape index (κ3) is 3.84. The molecule has 0 radical (unpaired) electrons. The molecule has 0 amide bonds. The average molecular weight is 388 g/mol. The van der Waals surface area contributed by atoms with Crippen molar-refractivity contribution in [2.24, 2.45) is 0 Å². The van der Waals surface area contributed by atoms with Crippen molar-refractivity contribution in [1.82, 2.24) is 4.72 Å². The number of nitrogens with one attached hydrogen (secondary N) is 1. The molecule has 0 bridgehead atoms. The zero-order valence-electron chi connectivity index (χ0n) is 15.5. The van der Waals surface area contributed by atoms with Crippen LogP contribution in [0.15, 0.2) is 102 Å². The Morgan fingerprint density at radius 1 is 0.679 bits per heavy atom. The van der Waals surface area contributed by atoms with E-state index in [1.165, 1.54) is 0 Å². The van der Waals surface area contributed by atoms with Crippen LogP contribution in [0.4, 0.5) is 0 Å². The van der Waals surface area contributed by atoms with Crippen LogP contribution in [0.1, 0.15) is 22.7 Å². The van der Waals surface area contributed by atoms with E-state index in [9.17, 15) is 8.42 Å². The molecule has 0 aromatic heterocycles. The molecule has 4 rings (SSSR count). The van der Waals surface area contributed by atoms with Gasteiger partial charge in [0.15, 0.2) is 0 Å². The van der Waals surface area contributed by atoms with Gasteiger partial charge in [0.1, 0.15) is 0 Å². The van der Waals surface area contributed by atoms with Gasteiger partial charge in [0, 0.05) is 0 Å². The van der Waals surface area contributed by atoms with Gasteiger partial charge in [0.2, 0.25) is 10.0 Å². The Hall–Kier alpha value is -2.95. The lowest BCUT2D eigenvalue weighted by Crippen LogP contribution is -2.29. The van der Waals surface area contributed by atoms with Crippen LogP contribution < -0.4 is 4.72 Å². The summed E-state index contributed by atoms with van der Waals surface area (Å²) in [5.41, 5.74) is 2.94. The third-order valence-corrected chi connectivity index (χ3v) is 6.27. The van der Waals surface area contributed by atoms with E-state index in [-0.39, 0.29) is 4.90 Å². The fourth-order valence-electron chi connectivity index (χ4n) is 3.29. The molecule has 4 aromatic carbocycles. The lowest BCUT2D eigenvalue weighted by Gasteiger charge is -2.20. The molecule has 3 nitrogen and oxygen atoms in total. The van der Waals surface area contributed by atoms with Crippen molar-refractivity contribution in [2.75, 3.05) is 0 Å². The topological polar surface area (TPSA) is 46.2 Å². The maximum atomic E-state index is 13.2. The van der Waals surface area contributed by atoms with Gasteiger partial charge in [-0.15, -0.1) is 0 Å². The maximum absolute atomic E-state index is 13.2. The molecule has 28 heavy (non-hydrogen) atoms. The summed E-state index contributed by atoms with van der Waals surface area (Å²) in [6, 6.07) is 30.1. The summed E-state index contributed by atoms with van der Waals surface area (Å²) >= 11 is 0. The first-order chi connectivity index (χ1) is 13.5. The Morgan fingerprint density at radius 3 is 2.00 bits per heavy atom. The molecule has 140 valence electrons. The standard InChI is InChI=1S/C24H21NO2S/c1-18-11-13-21(14-12-18)24(20-8-3-2-4-9-20)25-28(26,27)23-16-15-19-7-5-6-10-22(19)17-23/h2-17,24-25H,1H3/t24-/m1/s1. The molecule has 0 spiro atoms. The Labute approximate surface area is 165 Å². The quantitative estimate of drug-likeness (QED) is 0.510. The summed E-state index contributed by atoms with van der Waals surface area (Å²) in [7, 11) is -3.71. The molecule has 0 unspecified atom stereocenters. The average Bonchev–Trinajstić information content (AvgIpc) is 2.73. The molecule has 0 aliphatic heterocycles. The largest absolute Gasteiger partial charge is 0.241 e. The minimum Gasteiger partial charge on any atom is -0.207 e. The molecule has 0 saturated carbocycles. The van der Waals surface area contributed by atoms with Gasteiger partial charge < -0.3 is 0 Å². The first-order valence-corrected chi connectivity index (χ1v) is 10.6. The number of hydrogen-bond acceptors (Lipinski definition) is 2. The first kappa shape index (κ1) is 18.4. The Balaban J connectivity index is 1.75. The number of aryl methyl sites for hydroxylation is 1. The number of benzene rings is 4. The van der Waals surface area contributed by atoms with E-state index in [1.54, 1.807) is 12.1 Å². The van der Waals surface area contributed by atoms with Crippen LogP contribution in [0.2, 0.25) is 0 Å². The van der Waals surface area contributed by atoms with E-state index in [0.717, 1.165) is 27.5 Å². The van der Waals surface area contributed by atoms with Gasteiger partial charge in [0.25, 0.3) is 0 Å².